The van der Waals surface area contributed by atoms with Crippen molar-refractivity contribution in [3.05, 3.63) is 39.6 Å². The van der Waals surface area contributed by atoms with E-state index in [1.165, 1.54) is 0 Å². The van der Waals surface area contributed by atoms with Gasteiger partial charge in [0.25, 0.3) is 0 Å². The van der Waals surface area contributed by atoms with Crippen molar-refractivity contribution in [2.75, 3.05) is 6.61 Å². The Morgan fingerprint density at radius 1 is 1.20 bits per heavy atom. The first-order valence-corrected chi connectivity index (χ1v) is 7.78. The van der Waals surface area contributed by atoms with Crippen LogP contribution in [-0.2, 0) is 6.42 Å². The highest BCUT2D eigenvalue weighted by molar-refractivity contribution is 9.10. The molecule has 0 amide bonds. The molecule has 0 saturated carbocycles. The molecule has 1 aromatic heterocycles. The molecule has 0 bridgehead atoms. The van der Waals surface area contributed by atoms with Crippen LogP contribution in [-0.4, -0.2) is 16.6 Å². The van der Waals surface area contributed by atoms with Gasteiger partial charge in [0.1, 0.15) is 10.9 Å². The van der Waals surface area contributed by atoms with E-state index in [-0.39, 0.29) is 0 Å². The monoisotopic (exact) mass is 354 g/mol. The van der Waals surface area contributed by atoms with Gasteiger partial charge >= 0.3 is 0 Å². The van der Waals surface area contributed by atoms with Crippen molar-refractivity contribution in [1.29, 1.82) is 0 Å². The first kappa shape index (κ1) is 15.3. The van der Waals surface area contributed by atoms with E-state index in [1.54, 1.807) is 0 Å². The second-order valence-corrected chi connectivity index (χ2v) is 5.43. The van der Waals surface area contributed by atoms with Gasteiger partial charge < -0.3 is 4.74 Å². The normalized spacial score (nSPS) is 10.6. The van der Waals surface area contributed by atoms with Crippen LogP contribution in [0.25, 0.3) is 11.4 Å². The van der Waals surface area contributed by atoms with Crippen LogP contribution in [0.3, 0.4) is 0 Å². The maximum Gasteiger partial charge on any atom is 0.164 e. The van der Waals surface area contributed by atoms with Crippen molar-refractivity contribution in [3.63, 3.8) is 0 Å². The Labute approximate surface area is 132 Å². The molecule has 1 aromatic carbocycles. The fourth-order valence-electron chi connectivity index (χ4n) is 1.92. The van der Waals surface area contributed by atoms with Crippen molar-refractivity contribution in [2.45, 2.75) is 26.7 Å². The third kappa shape index (κ3) is 3.30. The molecule has 0 N–H and O–H groups in total. The van der Waals surface area contributed by atoms with E-state index < -0.39 is 0 Å². The molecule has 0 spiro atoms. The minimum atomic E-state index is 0.435. The average Bonchev–Trinajstić information content (AvgIpc) is 2.45. The van der Waals surface area contributed by atoms with Crippen LogP contribution >= 0.6 is 27.5 Å². The molecule has 0 aliphatic carbocycles. The number of benzene rings is 1. The minimum absolute atomic E-state index is 0.435. The molecule has 2 rings (SSSR count). The average molecular weight is 356 g/mol. The number of halogens is 2. The molecule has 2 aromatic rings. The molecule has 20 heavy (non-hydrogen) atoms. The highest BCUT2D eigenvalue weighted by atomic mass is 79.9. The van der Waals surface area contributed by atoms with Crippen molar-refractivity contribution in [3.8, 4) is 17.1 Å². The van der Waals surface area contributed by atoms with Crippen LogP contribution in [0.2, 0.25) is 5.15 Å². The zero-order valence-corrected chi connectivity index (χ0v) is 13.8. The number of rotatable bonds is 5. The molecule has 106 valence electrons. The van der Waals surface area contributed by atoms with Crippen LogP contribution in [0.1, 0.15) is 26.0 Å². The van der Waals surface area contributed by atoms with Crippen molar-refractivity contribution in [2.24, 2.45) is 0 Å². The molecule has 0 unspecified atom stereocenters. The molecule has 0 radical (unpaired) electrons. The predicted octanol–water partition coefficient (Wildman–Crippen LogP) is 4.91. The molecule has 5 heteroatoms. The van der Waals surface area contributed by atoms with E-state index in [2.05, 4.69) is 32.8 Å². The summed E-state index contributed by atoms with van der Waals surface area (Å²) < 4.78 is 6.40. The molecule has 0 aliphatic heterocycles. The lowest BCUT2D eigenvalue weighted by Gasteiger charge is -2.11. The van der Waals surface area contributed by atoms with Crippen LogP contribution in [0.4, 0.5) is 0 Å². The zero-order valence-electron chi connectivity index (χ0n) is 11.5. The summed E-state index contributed by atoms with van der Waals surface area (Å²) in [6.45, 7) is 4.66. The van der Waals surface area contributed by atoms with Gasteiger partial charge in [0.15, 0.2) is 5.82 Å². The van der Waals surface area contributed by atoms with Crippen LogP contribution < -0.4 is 4.74 Å². The van der Waals surface area contributed by atoms with E-state index in [1.807, 2.05) is 31.2 Å². The van der Waals surface area contributed by atoms with E-state index in [0.717, 1.165) is 34.3 Å². The number of hydrogen-bond donors (Lipinski definition) is 0. The Balaban J connectivity index is 2.52. The van der Waals surface area contributed by atoms with Crippen LogP contribution in [0.15, 0.2) is 28.7 Å². The second kappa shape index (κ2) is 7.04. The standard InChI is InChI=1S/C15H16BrClN2O/c1-3-7-11-13(16)14(17)19-15(18-11)10-8-5-6-9-12(10)20-4-2/h5-6,8-9H,3-4,7H2,1-2H3. The van der Waals surface area contributed by atoms with Gasteiger partial charge in [0.05, 0.1) is 22.3 Å². The molecule has 3 nitrogen and oxygen atoms in total. The minimum Gasteiger partial charge on any atom is -0.493 e. The van der Waals surface area contributed by atoms with Crippen molar-refractivity contribution in [1.82, 2.24) is 9.97 Å². The highest BCUT2D eigenvalue weighted by Gasteiger charge is 2.14. The quantitative estimate of drug-likeness (QED) is 0.715. The molecular weight excluding hydrogens is 340 g/mol. The SMILES string of the molecule is CCCc1nc(-c2ccccc2OCC)nc(Cl)c1Br. The van der Waals surface area contributed by atoms with Gasteiger partial charge in [-0.25, -0.2) is 9.97 Å². The van der Waals surface area contributed by atoms with Crippen LogP contribution in [0.5, 0.6) is 5.75 Å². The molecular formula is C15H16BrClN2O. The second-order valence-electron chi connectivity index (χ2n) is 4.28. The van der Waals surface area contributed by atoms with Gasteiger partial charge in [0.2, 0.25) is 0 Å². The van der Waals surface area contributed by atoms with Gasteiger partial charge in [-0.3, -0.25) is 0 Å². The lowest BCUT2D eigenvalue weighted by atomic mass is 10.1. The van der Waals surface area contributed by atoms with E-state index in [4.69, 9.17) is 16.3 Å². The third-order valence-electron chi connectivity index (χ3n) is 2.79. The summed E-state index contributed by atoms with van der Waals surface area (Å²) in [7, 11) is 0. The van der Waals surface area contributed by atoms with Crippen molar-refractivity contribution >= 4 is 27.5 Å². The van der Waals surface area contributed by atoms with Gasteiger partial charge in [-0.05, 0) is 41.4 Å². The van der Waals surface area contributed by atoms with Gasteiger partial charge in [-0.1, -0.05) is 37.1 Å². The van der Waals surface area contributed by atoms with Crippen LogP contribution in [0, 0.1) is 0 Å². The molecule has 0 atom stereocenters. The summed E-state index contributed by atoms with van der Waals surface area (Å²) in [5.74, 6) is 1.38. The highest BCUT2D eigenvalue weighted by Crippen LogP contribution is 2.32. The largest absolute Gasteiger partial charge is 0.493 e. The predicted molar refractivity (Wildman–Crippen MR) is 85.3 cm³/mol. The van der Waals surface area contributed by atoms with E-state index >= 15 is 0 Å². The zero-order chi connectivity index (χ0) is 14.5. The summed E-state index contributed by atoms with van der Waals surface area (Å²) in [6.07, 6.45) is 1.85. The summed E-state index contributed by atoms with van der Waals surface area (Å²) in [4.78, 5) is 8.97. The number of ether oxygens (including phenoxy) is 1. The first-order valence-electron chi connectivity index (χ1n) is 6.61. The summed E-state index contributed by atoms with van der Waals surface area (Å²) in [5.41, 5.74) is 1.79. The number of hydrogen-bond acceptors (Lipinski definition) is 3. The summed E-state index contributed by atoms with van der Waals surface area (Å²) >= 11 is 9.64. The fraction of sp³-hybridized carbons (Fsp3) is 0.333. The summed E-state index contributed by atoms with van der Waals surface area (Å²) in [5, 5.41) is 0.435. The fourth-order valence-corrected chi connectivity index (χ4v) is 2.48. The number of nitrogens with zero attached hydrogens (tertiary/aromatic N) is 2. The Bertz CT molecular complexity index is 604. The third-order valence-corrected chi connectivity index (χ3v) is 4.13. The smallest absolute Gasteiger partial charge is 0.164 e. The maximum absolute atomic E-state index is 6.20. The van der Waals surface area contributed by atoms with Gasteiger partial charge in [-0.2, -0.15) is 0 Å². The Hall–Kier alpha value is -1.13. The first-order chi connectivity index (χ1) is 9.67. The lowest BCUT2D eigenvalue weighted by Crippen LogP contribution is -2.01. The van der Waals surface area contributed by atoms with Crippen molar-refractivity contribution < 1.29 is 4.74 Å². The molecule has 0 aliphatic rings. The van der Waals surface area contributed by atoms with E-state index in [9.17, 15) is 0 Å². The molecule has 0 saturated heterocycles. The molecule has 0 fully saturated rings. The van der Waals surface area contributed by atoms with Gasteiger partial charge in [0, 0.05) is 0 Å². The number of aromatic nitrogens is 2. The lowest BCUT2D eigenvalue weighted by molar-refractivity contribution is 0.341. The maximum atomic E-state index is 6.20. The van der Waals surface area contributed by atoms with E-state index in [0.29, 0.717) is 17.6 Å². The Morgan fingerprint density at radius 2 is 1.95 bits per heavy atom. The number of aryl methyl sites for hydroxylation is 1. The molecule has 1 heterocycles. The Kier molecular flexibility index (Phi) is 5.38. The Morgan fingerprint density at radius 3 is 2.65 bits per heavy atom. The topological polar surface area (TPSA) is 35.0 Å². The summed E-state index contributed by atoms with van der Waals surface area (Å²) in [6, 6.07) is 7.73. The number of para-hydroxylation sites is 1. The van der Waals surface area contributed by atoms with Gasteiger partial charge in [-0.15, -0.1) is 0 Å².